The van der Waals surface area contributed by atoms with Gasteiger partial charge in [-0.15, -0.1) is 0 Å². The largest absolute Gasteiger partial charge is 0.492 e. The van der Waals surface area contributed by atoms with Crippen LogP contribution in [0.15, 0.2) is 48.7 Å². The Hall–Kier alpha value is -1.87. The zero-order valence-electron chi connectivity index (χ0n) is 12.0. The molecule has 3 nitrogen and oxygen atoms in total. The van der Waals surface area contributed by atoms with Crippen molar-refractivity contribution in [2.45, 2.75) is 32.2 Å². The molecule has 1 aromatic carbocycles. The fraction of sp³-hybridized carbons (Fsp3) is 0.353. The third kappa shape index (κ3) is 4.35. The second kappa shape index (κ2) is 7.65. The molecule has 2 rings (SSSR count). The Morgan fingerprint density at radius 3 is 2.60 bits per heavy atom. The average Bonchev–Trinajstić information content (AvgIpc) is 2.52. The molecule has 1 aromatic heterocycles. The lowest BCUT2D eigenvalue weighted by atomic mass is 10.1. The molecule has 0 saturated heterocycles. The first-order valence-electron chi connectivity index (χ1n) is 7.18. The molecule has 20 heavy (non-hydrogen) atoms. The van der Waals surface area contributed by atoms with Crippen molar-refractivity contribution in [3.05, 3.63) is 59.9 Å². The van der Waals surface area contributed by atoms with Crippen molar-refractivity contribution < 1.29 is 4.74 Å². The Kier molecular flexibility index (Phi) is 5.56. The molecule has 106 valence electrons. The molecule has 1 heterocycles. The number of aromatic nitrogens is 1. The maximum atomic E-state index is 5.93. The molecule has 1 unspecified atom stereocenters. The van der Waals surface area contributed by atoms with Crippen LogP contribution in [-0.2, 0) is 6.42 Å². The van der Waals surface area contributed by atoms with Gasteiger partial charge in [-0.05, 0) is 37.0 Å². The lowest BCUT2D eigenvalue weighted by Gasteiger charge is -2.10. The van der Waals surface area contributed by atoms with Crippen molar-refractivity contribution in [1.82, 2.24) is 4.98 Å². The van der Waals surface area contributed by atoms with E-state index in [2.05, 4.69) is 36.2 Å². The highest BCUT2D eigenvalue weighted by molar-refractivity contribution is 5.21. The van der Waals surface area contributed by atoms with Crippen molar-refractivity contribution in [3.63, 3.8) is 0 Å². The Bertz CT molecular complexity index is 496. The summed E-state index contributed by atoms with van der Waals surface area (Å²) in [7, 11) is 0. The van der Waals surface area contributed by atoms with E-state index >= 15 is 0 Å². The van der Waals surface area contributed by atoms with Crippen LogP contribution in [0.3, 0.4) is 0 Å². The molecule has 0 radical (unpaired) electrons. The fourth-order valence-corrected chi connectivity index (χ4v) is 2.02. The summed E-state index contributed by atoms with van der Waals surface area (Å²) < 4.78 is 5.69. The SMILES string of the molecule is CCC(N)c1ccc(OCCCc2ccccc2)cn1. The van der Waals surface area contributed by atoms with Gasteiger partial charge in [-0.2, -0.15) is 0 Å². The smallest absolute Gasteiger partial charge is 0.137 e. The van der Waals surface area contributed by atoms with Gasteiger partial charge >= 0.3 is 0 Å². The van der Waals surface area contributed by atoms with Crippen molar-refractivity contribution in [3.8, 4) is 5.75 Å². The van der Waals surface area contributed by atoms with Gasteiger partial charge in [0.1, 0.15) is 5.75 Å². The van der Waals surface area contributed by atoms with E-state index in [1.54, 1.807) is 6.20 Å². The molecule has 0 fully saturated rings. The minimum absolute atomic E-state index is 0.0159. The molecular formula is C17H22N2O. The number of pyridine rings is 1. The van der Waals surface area contributed by atoms with E-state index in [0.717, 1.165) is 30.7 Å². The van der Waals surface area contributed by atoms with Crippen LogP contribution in [0.5, 0.6) is 5.75 Å². The summed E-state index contributed by atoms with van der Waals surface area (Å²) in [4.78, 5) is 4.34. The summed E-state index contributed by atoms with van der Waals surface area (Å²) in [5.41, 5.74) is 8.19. The van der Waals surface area contributed by atoms with E-state index < -0.39 is 0 Å². The number of benzene rings is 1. The molecule has 0 aliphatic carbocycles. The number of aryl methyl sites for hydroxylation is 1. The first kappa shape index (κ1) is 14.5. The minimum Gasteiger partial charge on any atom is -0.492 e. The van der Waals surface area contributed by atoms with Crippen LogP contribution in [0, 0.1) is 0 Å². The molecule has 3 heteroatoms. The standard InChI is InChI=1S/C17H22N2O/c1-2-16(18)17-11-10-15(13-19-17)20-12-6-9-14-7-4-3-5-8-14/h3-5,7-8,10-11,13,16H,2,6,9,12,18H2,1H3. The van der Waals surface area contributed by atoms with E-state index in [9.17, 15) is 0 Å². The van der Waals surface area contributed by atoms with Gasteiger partial charge in [-0.3, -0.25) is 4.98 Å². The molecule has 0 aliphatic heterocycles. The number of hydrogen-bond acceptors (Lipinski definition) is 3. The Balaban J connectivity index is 1.74. The summed E-state index contributed by atoms with van der Waals surface area (Å²) in [6.07, 6.45) is 4.69. The highest BCUT2D eigenvalue weighted by Crippen LogP contribution is 2.15. The van der Waals surface area contributed by atoms with Crippen LogP contribution in [0.25, 0.3) is 0 Å². The summed E-state index contributed by atoms with van der Waals surface area (Å²) in [5, 5.41) is 0. The van der Waals surface area contributed by atoms with Gasteiger partial charge < -0.3 is 10.5 Å². The number of ether oxygens (including phenoxy) is 1. The third-order valence-electron chi connectivity index (χ3n) is 3.30. The van der Waals surface area contributed by atoms with Crippen molar-refractivity contribution >= 4 is 0 Å². The van der Waals surface area contributed by atoms with Gasteiger partial charge in [-0.1, -0.05) is 37.3 Å². The topological polar surface area (TPSA) is 48.1 Å². The molecule has 2 aromatic rings. The van der Waals surface area contributed by atoms with Crippen LogP contribution < -0.4 is 10.5 Å². The molecule has 2 N–H and O–H groups in total. The zero-order chi connectivity index (χ0) is 14.2. The van der Waals surface area contributed by atoms with Gasteiger partial charge in [0.05, 0.1) is 18.5 Å². The highest BCUT2D eigenvalue weighted by Gasteiger charge is 2.04. The fourth-order valence-electron chi connectivity index (χ4n) is 2.02. The lowest BCUT2D eigenvalue weighted by molar-refractivity contribution is 0.309. The Morgan fingerprint density at radius 1 is 1.15 bits per heavy atom. The molecule has 0 bridgehead atoms. The summed E-state index contributed by atoms with van der Waals surface area (Å²) in [5.74, 6) is 0.810. The molecule has 0 saturated carbocycles. The van der Waals surface area contributed by atoms with E-state index in [-0.39, 0.29) is 6.04 Å². The predicted molar refractivity (Wildman–Crippen MR) is 81.7 cm³/mol. The molecule has 0 spiro atoms. The first-order chi connectivity index (χ1) is 9.79. The predicted octanol–water partition coefficient (Wildman–Crippen LogP) is 3.50. The number of rotatable bonds is 7. The maximum absolute atomic E-state index is 5.93. The second-order valence-corrected chi connectivity index (χ2v) is 4.87. The van der Waals surface area contributed by atoms with Gasteiger partial charge in [0.15, 0.2) is 0 Å². The van der Waals surface area contributed by atoms with Crippen LogP contribution in [0.2, 0.25) is 0 Å². The van der Waals surface area contributed by atoms with Crippen molar-refractivity contribution in [1.29, 1.82) is 0 Å². The van der Waals surface area contributed by atoms with Gasteiger partial charge in [-0.25, -0.2) is 0 Å². The van der Waals surface area contributed by atoms with Crippen molar-refractivity contribution in [2.75, 3.05) is 6.61 Å². The summed E-state index contributed by atoms with van der Waals surface area (Å²) in [6, 6.07) is 14.4. The quantitative estimate of drug-likeness (QED) is 0.783. The third-order valence-corrected chi connectivity index (χ3v) is 3.30. The second-order valence-electron chi connectivity index (χ2n) is 4.87. The number of nitrogens with two attached hydrogens (primary N) is 1. The highest BCUT2D eigenvalue weighted by atomic mass is 16.5. The van der Waals surface area contributed by atoms with Crippen LogP contribution in [-0.4, -0.2) is 11.6 Å². The minimum atomic E-state index is 0.0159. The maximum Gasteiger partial charge on any atom is 0.137 e. The van der Waals surface area contributed by atoms with Crippen LogP contribution in [0.1, 0.15) is 37.1 Å². The molecule has 0 aliphatic rings. The first-order valence-corrected chi connectivity index (χ1v) is 7.18. The van der Waals surface area contributed by atoms with Gasteiger partial charge in [0.2, 0.25) is 0 Å². The van der Waals surface area contributed by atoms with Gasteiger partial charge in [0, 0.05) is 6.04 Å². The Morgan fingerprint density at radius 2 is 1.95 bits per heavy atom. The number of nitrogens with zero attached hydrogens (tertiary/aromatic N) is 1. The Labute approximate surface area is 120 Å². The summed E-state index contributed by atoms with van der Waals surface area (Å²) in [6.45, 7) is 2.76. The monoisotopic (exact) mass is 270 g/mol. The average molecular weight is 270 g/mol. The summed E-state index contributed by atoms with van der Waals surface area (Å²) >= 11 is 0. The van der Waals surface area contributed by atoms with E-state index in [0.29, 0.717) is 6.61 Å². The normalized spacial score (nSPS) is 12.1. The van der Waals surface area contributed by atoms with E-state index in [4.69, 9.17) is 10.5 Å². The van der Waals surface area contributed by atoms with Crippen LogP contribution in [0.4, 0.5) is 0 Å². The molecule has 1 atom stereocenters. The van der Waals surface area contributed by atoms with Gasteiger partial charge in [0.25, 0.3) is 0 Å². The van der Waals surface area contributed by atoms with E-state index in [1.165, 1.54) is 5.56 Å². The molecular weight excluding hydrogens is 248 g/mol. The van der Waals surface area contributed by atoms with E-state index in [1.807, 2.05) is 18.2 Å². The zero-order valence-corrected chi connectivity index (χ0v) is 12.0. The van der Waals surface area contributed by atoms with Crippen molar-refractivity contribution in [2.24, 2.45) is 5.73 Å². The number of hydrogen-bond donors (Lipinski definition) is 1. The lowest BCUT2D eigenvalue weighted by Crippen LogP contribution is -2.10. The van der Waals surface area contributed by atoms with Crippen LogP contribution >= 0.6 is 0 Å². The molecule has 0 amide bonds.